The molecule has 0 fully saturated rings. The lowest BCUT2D eigenvalue weighted by Crippen LogP contribution is -2.28. The van der Waals surface area contributed by atoms with Crippen molar-refractivity contribution in [3.05, 3.63) is 35.4 Å². The monoisotopic (exact) mass is 243 g/mol. The Balaban J connectivity index is 0.00000225. The average Bonchev–Trinajstić information content (AvgIpc) is 2.17. The fourth-order valence-corrected chi connectivity index (χ4v) is 1.76. The highest BCUT2D eigenvalue weighted by Gasteiger charge is 2.23. The number of rotatable bonds is 4. The number of hydrogen-bond acceptors (Lipinski definition) is 2. The quantitative estimate of drug-likeness (QED) is 0.883. The number of carboxylic acids is 1. The standard InChI is InChI=1S/C12H17NO2.ClH/c1-4-9-7-5-6-8-10(9)11(12(14)15)13(2)3;/h5-8,11H,4H2,1-3H3,(H,14,15);1H. The predicted octanol–water partition coefficient (Wildman–Crippen LogP) is 2.36. The van der Waals surface area contributed by atoms with E-state index in [2.05, 4.69) is 0 Å². The van der Waals surface area contributed by atoms with Gasteiger partial charge in [0.1, 0.15) is 6.04 Å². The Morgan fingerprint density at radius 2 is 1.94 bits per heavy atom. The molecule has 16 heavy (non-hydrogen) atoms. The maximum absolute atomic E-state index is 11.2. The molecule has 0 aliphatic carbocycles. The minimum Gasteiger partial charge on any atom is -0.480 e. The molecule has 0 heterocycles. The summed E-state index contributed by atoms with van der Waals surface area (Å²) in [6.45, 7) is 2.04. The number of likely N-dealkylation sites (N-methyl/N-ethyl adjacent to an activating group) is 1. The zero-order chi connectivity index (χ0) is 11.4. The van der Waals surface area contributed by atoms with Crippen molar-refractivity contribution in [2.75, 3.05) is 14.1 Å². The van der Waals surface area contributed by atoms with Crippen LogP contribution in [0.4, 0.5) is 0 Å². The first-order chi connectivity index (χ1) is 7.07. The summed E-state index contributed by atoms with van der Waals surface area (Å²) in [6.07, 6.45) is 0.855. The van der Waals surface area contributed by atoms with E-state index in [9.17, 15) is 9.90 Å². The van der Waals surface area contributed by atoms with E-state index in [1.54, 1.807) is 19.0 Å². The zero-order valence-corrected chi connectivity index (χ0v) is 10.6. The first kappa shape index (κ1) is 14.9. The van der Waals surface area contributed by atoms with Crippen molar-refractivity contribution in [3.8, 4) is 0 Å². The number of nitrogens with zero attached hydrogens (tertiary/aromatic N) is 1. The van der Waals surface area contributed by atoms with Crippen molar-refractivity contribution in [1.29, 1.82) is 0 Å². The molecule has 0 aromatic heterocycles. The SMILES string of the molecule is CCc1ccccc1C(C(=O)O)N(C)C.Cl. The van der Waals surface area contributed by atoms with Gasteiger partial charge in [-0.05, 0) is 31.6 Å². The molecule has 3 nitrogen and oxygen atoms in total. The molecule has 0 amide bonds. The third-order valence-electron chi connectivity index (χ3n) is 2.48. The zero-order valence-electron chi connectivity index (χ0n) is 9.80. The molecule has 0 saturated carbocycles. The molecule has 0 saturated heterocycles. The number of benzene rings is 1. The Kier molecular flexibility index (Phi) is 6.08. The summed E-state index contributed by atoms with van der Waals surface area (Å²) in [5, 5.41) is 9.18. The van der Waals surface area contributed by atoms with E-state index in [0.29, 0.717) is 0 Å². The highest BCUT2D eigenvalue weighted by molar-refractivity contribution is 5.85. The van der Waals surface area contributed by atoms with Gasteiger partial charge in [-0.1, -0.05) is 31.2 Å². The molecule has 0 aliphatic rings. The Labute approximate surface area is 102 Å². The van der Waals surface area contributed by atoms with Crippen LogP contribution in [0, 0.1) is 0 Å². The van der Waals surface area contributed by atoms with Crippen LogP contribution < -0.4 is 0 Å². The van der Waals surface area contributed by atoms with E-state index in [4.69, 9.17) is 0 Å². The molecule has 90 valence electrons. The smallest absolute Gasteiger partial charge is 0.325 e. The normalized spacial score (nSPS) is 12.0. The number of aliphatic carboxylic acids is 1. The highest BCUT2D eigenvalue weighted by Crippen LogP contribution is 2.22. The molecule has 0 bridgehead atoms. The van der Waals surface area contributed by atoms with Crippen LogP contribution in [-0.4, -0.2) is 30.1 Å². The lowest BCUT2D eigenvalue weighted by molar-refractivity contribution is -0.142. The number of hydrogen-bond donors (Lipinski definition) is 1. The van der Waals surface area contributed by atoms with Crippen LogP contribution in [-0.2, 0) is 11.2 Å². The van der Waals surface area contributed by atoms with Gasteiger partial charge in [-0.25, -0.2) is 0 Å². The summed E-state index contributed by atoms with van der Waals surface area (Å²) in [6, 6.07) is 7.14. The second kappa shape index (κ2) is 6.51. The van der Waals surface area contributed by atoms with Crippen molar-refractivity contribution in [1.82, 2.24) is 4.90 Å². The Morgan fingerprint density at radius 3 is 2.38 bits per heavy atom. The summed E-state index contributed by atoms with van der Waals surface area (Å²) in [5.74, 6) is -0.805. The largest absolute Gasteiger partial charge is 0.480 e. The van der Waals surface area contributed by atoms with Crippen LogP contribution in [0.1, 0.15) is 24.1 Å². The molecule has 4 heteroatoms. The number of aryl methyl sites for hydroxylation is 1. The van der Waals surface area contributed by atoms with Gasteiger partial charge in [-0.3, -0.25) is 9.69 Å². The molecule has 0 aliphatic heterocycles. The van der Waals surface area contributed by atoms with Crippen LogP contribution in [0.15, 0.2) is 24.3 Å². The third-order valence-corrected chi connectivity index (χ3v) is 2.48. The summed E-state index contributed by atoms with van der Waals surface area (Å²) < 4.78 is 0. The fraction of sp³-hybridized carbons (Fsp3) is 0.417. The Hall–Kier alpha value is -1.06. The van der Waals surface area contributed by atoms with Crippen LogP contribution in [0.2, 0.25) is 0 Å². The minimum atomic E-state index is -0.805. The Bertz CT molecular complexity index is 353. The Morgan fingerprint density at radius 1 is 1.38 bits per heavy atom. The van der Waals surface area contributed by atoms with E-state index in [1.165, 1.54) is 0 Å². The van der Waals surface area contributed by atoms with E-state index in [-0.39, 0.29) is 12.4 Å². The van der Waals surface area contributed by atoms with Crippen LogP contribution >= 0.6 is 12.4 Å². The lowest BCUT2D eigenvalue weighted by atomic mass is 9.98. The predicted molar refractivity (Wildman–Crippen MR) is 67.1 cm³/mol. The van der Waals surface area contributed by atoms with Crippen molar-refractivity contribution >= 4 is 18.4 Å². The third kappa shape index (κ3) is 3.22. The van der Waals surface area contributed by atoms with E-state index in [1.807, 2.05) is 31.2 Å². The van der Waals surface area contributed by atoms with Gasteiger partial charge in [0, 0.05) is 0 Å². The second-order valence-corrected chi connectivity index (χ2v) is 3.76. The minimum absolute atomic E-state index is 0. The summed E-state index contributed by atoms with van der Waals surface area (Å²) in [7, 11) is 3.57. The van der Waals surface area contributed by atoms with Gasteiger partial charge < -0.3 is 5.11 Å². The van der Waals surface area contributed by atoms with Crippen molar-refractivity contribution < 1.29 is 9.90 Å². The average molecular weight is 244 g/mol. The van der Waals surface area contributed by atoms with E-state index < -0.39 is 12.0 Å². The van der Waals surface area contributed by atoms with E-state index >= 15 is 0 Å². The summed E-state index contributed by atoms with van der Waals surface area (Å²) >= 11 is 0. The number of halogens is 1. The molecule has 0 spiro atoms. The molecule has 0 radical (unpaired) electrons. The van der Waals surface area contributed by atoms with Gasteiger partial charge in [0.25, 0.3) is 0 Å². The maximum atomic E-state index is 11.2. The maximum Gasteiger partial charge on any atom is 0.325 e. The van der Waals surface area contributed by atoms with Gasteiger partial charge in [0.15, 0.2) is 0 Å². The molecule has 1 aromatic carbocycles. The molecule has 1 unspecified atom stereocenters. The molecule has 1 N–H and O–H groups in total. The van der Waals surface area contributed by atoms with Crippen molar-refractivity contribution in [2.45, 2.75) is 19.4 Å². The first-order valence-corrected chi connectivity index (χ1v) is 5.05. The molecule has 1 rings (SSSR count). The fourth-order valence-electron chi connectivity index (χ4n) is 1.76. The summed E-state index contributed by atoms with van der Waals surface area (Å²) in [4.78, 5) is 12.9. The lowest BCUT2D eigenvalue weighted by Gasteiger charge is -2.22. The molecular weight excluding hydrogens is 226 g/mol. The topological polar surface area (TPSA) is 40.5 Å². The summed E-state index contributed by atoms with van der Waals surface area (Å²) in [5.41, 5.74) is 1.98. The van der Waals surface area contributed by atoms with Gasteiger partial charge in [0.2, 0.25) is 0 Å². The molecule has 1 aromatic rings. The van der Waals surface area contributed by atoms with Crippen LogP contribution in [0.5, 0.6) is 0 Å². The van der Waals surface area contributed by atoms with Gasteiger partial charge >= 0.3 is 5.97 Å². The van der Waals surface area contributed by atoms with Gasteiger partial charge in [-0.2, -0.15) is 0 Å². The molecule has 1 atom stereocenters. The highest BCUT2D eigenvalue weighted by atomic mass is 35.5. The second-order valence-electron chi connectivity index (χ2n) is 3.76. The van der Waals surface area contributed by atoms with Crippen molar-refractivity contribution in [2.24, 2.45) is 0 Å². The van der Waals surface area contributed by atoms with Crippen LogP contribution in [0.25, 0.3) is 0 Å². The van der Waals surface area contributed by atoms with Gasteiger partial charge in [-0.15, -0.1) is 12.4 Å². The van der Waals surface area contributed by atoms with Crippen LogP contribution in [0.3, 0.4) is 0 Å². The number of carbonyl (C=O) groups is 1. The van der Waals surface area contributed by atoms with Crippen molar-refractivity contribution in [3.63, 3.8) is 0 Å². The van der Waals surface area contributed by atoms with Gasteiger partial charge in [0.05, 0.1) is 0 Å². The first-order valence-electron chi connectivity index (χ1n) is 5.05. The number of carboxylic acid groups (broad SMARTS) is 1. The van der Waals surface area contributed by atoms with E-state index in [0.717, 1.165) is 17.5 Å². The molecular formula is C12H18ClNO2.